The molecule has 0 heterocycles. The quantitative estimate of drug-likeness (QED) is 0.171. The third-order valence-electron chi connectivity index (χ3n) is 3.10. The zero-order valence-electron chi connectivity index (χ0n) is 11.3. The highest BCUT2D eigenvalue weighted by Gasteiger charge is 2.28. The minimum atomic E-state index is -1.25. The summed E-state index contributed by atoms with van der Waals surface area (Å²) in [5.41, 5.74) is -1.47. The Morgan fingerprint density at radius 2 is 1.04 bits per heavy atom. The van der Waals surface area contributed by atoms with Crippen molar-refractivity contribution in [3.8, 4) is 40.2 Å². The Labute approximate surface area is 128 Å². The van der Waals surface area contributed by atoms with Crippen LogP contribution in [0, 0.1) is 0 Å². The van der Waals surface area contributed by atoms with Gasteiger partial charge in [0.15, 0.2) is 34.5 Å². The predicted molar refractivity (Wildman–Crippen MR) is 76.6 cm³/mol. The topological polar surface area (TPSA) is 182 Å². The Kier molecular flexibility index (Phi) is 3.63. The van der Waals surface area contributed by atoms with Gasteiger partial charge in [-0.1, -0.05) is 6.07 Å². The van der Waals surface area contributed by atoms with E-state index in [1.54, 1.807) is 0 Å². The van der Waals surface area contributed by atoms with Gasteiger partial charge in [-0.05, 0) is 12.1 Å². The van der Waals surface area contributed by atoms with E-state index in [2.05, 4.69) is 0 Å². The molecule has 2 aromatic carbocycles. The molecule has 0 aliphatic carbocycles. The SMILES string of the molecule is OC(=C(O)c1c(O)c(O)c(O)c(O)c1O)c1cccc(O)c1O. The van der Waals surface area contributed by atoms with Crippen LogP contribution in [0.15, 0.2) is 18.2 Å². The van der Waals surface area contributed by atoms with Crippen molar-refractivity contribution in [3.05, 3.63) is 29.3 Å². The van der Waals surface area contributed by atoms with E-state index in [0.29, 0.717) is 0 Å². The molecule has 2 aromatic rings. The van der Waals surface area contributed by atoms with Crippen LogP contribution < -0.4 is 0 Å². The molecule has 0 unspecified atom stereocenters. The van der Waals surface area contributed by atoms with Gasteiger partial charge in [-0.2, -0.15) is 0 Å². The highest BCUT2D eigenvalue weighted by Crippen LogP contribution is 2.53. The molecule has 0 aromatic heterocycles. The van der Waals surface area contributed by atoms with Crippen LogP contribution in [-0.2, 0) is 0 Å². The van der Waals surface area contributed by atoms with Gasteiger partial charge in [-0.25, -0.2) is 0 Å². The highest BCUT2D eigenvalue weighted by molar-refractivity contribution is 5.91. The molecule has 0 saturated heterocycles. The molecule has 0 atom stereocenters. The lowest BCUT2D eigenvalue weighted by Gasteiger charge is -2.13. The van der Waals surface area contributed by atoms with Gasteiger partial charge >= 0.3 is 0 Å². The molecule has 2 rings (SSSR count). The number of phenolic OH excluding ortho intramolecular Hbond substituents is 7. The second-order valence-electron chi connectivity index (χ2n) is 4.49. The standard InChI is InChI=1S/C14H12O9/c15-5-3-1-2-4(7(5)16)8(17)9(18)6-10(19)12(21)14(23)13(22)11(6)20/h1-3,15-23H. The van der Waals surface area contributed by atoms with Gasteiger partial charge in [0.1, 0.15) is 5.56 Å². The lowest BCUT2D eigenvalue weighted by molar-refractivity contribution is 0.324. The Balaban J connectivity index is 2.78. The van der Waals surface area contributed by atoms with Crippen LogP contribution in [0.5, 0.6) is 40.2 Å². The molecule has 0 saturated carbocycles. The van der Waals surface area contributed by atoms with Gasteiger partial charge in [0.2, 0.25) is 17.2 Å². The summed E-state index contributed by atoms with van der Waals surface area (Å²) in [4.78, 5) is 0. The largest absolute Gasteiger partial charge is 0.504 e. The number of aliphatic hydroxyl groups is 2. The fraction of sp³-hybridized carbons (Fsp3) is 0. The van der Waals surface area contributed by atoms with Crippen LogP contribution in [0.1, 0.15) is 11.1 Å². The lowest BCUT2D eigenvalue weighted by atomic mass is 10.0. The zero-order chi connectivity index (χ0) is 17.5. The summed E-state index contributed by atoms with van der Waals surface area (Å²) in [7, 11) is 0. The first-order chi connectivity index (χ1) is 10.7. The number of para-hydroxylation sites is 1. The molecule has 0 aliphatic rings. The minimum Gasteiger partial charge on any atom is -0.504 e. The van der Waals surface area contributed by atoms with Crippen molar-refractivity contribution in [1.82, 2.24) is 0 Å². The second kappa shape index (κ2) is 5.30. The van der Waals surface area contributed by atoms with E-state index in [-0.39, 0.29) is 0 Å². The fourth-order valence-electron chi connectivity index (χ4n) is 1.88. The minimum absolute atomic E-state index is 0.464. The summed E-state index contributed by atoms with van der Waals surface area (Å²) in [5, 5.41) is 86.4. The maximum absolute atomic E-state index is 9.97. The van der Waals surface area contributed by atoms with Gasteiger partial charge in [0, 0.05) is 0 Å². The molecule has 9 heteroatoms. The van der Waals surface area contributed by atoms with E-state index in [0.717, 1.165) is 12.1 Å². The molecule has 0 fully saturated rings. The van der Waals surface area contributed by atoms with Gasteiger partial charge in [0.25, 0.3) is 0 Å². The van der Waals surface area contributed by atoms with Crippen molar-refractivity contribution in [1.29, 1.82) is 0 Å². The molecule has 122 valence electrons. The lowest BCUT2D eigenvalue weighted by Crippen LogP contribution is -1.94. The van der Waals surface area contributed by atoms with Crippen molar-refractivity contribution in [2.45, 2.75) is 0 Å². The van der Waals surface area contributed by atoms with Crippen molar-refractivity contribution >= 4 is 11.5 Å². The summed E-state index contributed by atoms with van der Waals surface area (Å²) in [5.74, 6) is -9.97. The first kappa shape index (κ1) is 15.8. The fourth-order valence-corrected chi connectivity index (χ4v) is 1.88. The second-order valence-corrected chi connectivity index (χ2v) is 4.49. The number of aliphatic hydroxyl groups excluding tert-OH is 2. The van der Waals surface area contributed by atoms with Crippen molar-refractivity contribution < 1.29 is 46.0 Å². The summed E-state index contributed by atoms with van der Waals surface area (Å²) < 4.78 is 0. The molecular formula is C14H12O9. The van der Waals surface area contributed by atoms with E-state index in [4.69, 9.17) is 0 Å². The number of benzene rings is 2. The molecule has 0 bridgehead atoms. The van der Waals surface area contributed by atoms with Crippen molar-refractivity contribution in [2.24, 2.45) is 0 Å². The monoisotopic (exact) mass is 324 g/mol. The Bertz CT molecular complexity index is 794. The van der Waals surface area contributed by atoms with Crippen LogP contribution in [0.25, 0.3) is 11.5 Å². The molecule has 0 aliphatic heterocycles. The first-order valence-electron chi connectivity index (χ1n) is 6.01. The molecule has 0 amide bonds. The van der Waals surface area contributed by atoms with Crippen LogP contribution in [-0.4, -0.2) is 46.0 Å². The normalized spacial score (nSPS) is 12.0. The molecular weight excluding hydrogens is 312 g/mol. The maximum Gasteiger partial charge on any atom is 0.208 e. The van der Waals surface area contributed by atoms with Crippen LogP contribution in [0.2, 0.25) is 0 Å². The third-order valence-corrected chi connectivity index (χ3v) is 3.10. The van der Waals surface area contributed by atoms with E-state index in [1.807, 2.05) is 0 Å². The average molecular weight is 324 g/mol. The first-order valence-corrected chi connectivity index (χ1v) is 6.01. The van der Waals surface area contributed by atoms with Crippen molar-refractivity contribution in [3.63, 3.8) is 0 Å². The Morgan fingerprint density at radius 1 is 0.565 bits per heavy atom. The average Bonchev–Trinajstić information content (AvgIpc) is 2.53. The van der Waals surface area contributed by atoms with Crippen LogP contribution >= 0.6 is 0 Å². The molecule has 9 nitrogen and oxygen atoms in total. The summed E-state index contributed by atoms with van der Waals surface area (Å²) in [6, 6.07) is 3.41. The smallest absolute Gasteiger partial charge is 0.208 e. The van der Waals surface area contributed by atoms with Crippen LogP contribution in [0.4, 0.5) is 0 Å². The Morgan fingerprint density at radius 3 is 1.57 bits per heavy atom. The van der Waals surface area contributed by atoms with E-state index in [1.165, 1.54) is 6.07 Å². The summed E-state index contributed by atoms with van der Waals surface area (Å²) in [6.07, 6.45) is 0. The number of rotatable bonds is 2. The van der Waals surface area contributed by atoms with Gasteiger partial charge in [0.05, 0.1) is 5.56 Å². The van der Waals surface area contributed by atoms with Gasteiger partial charge < -0.3 is 46.0 Å². The molecule has 0 spiro atoms. The van der Waals surface area contributed by atoms with Crippen LogP contribution in [0.3, 0.4) is 0 Å². The van der Waals surface area contributed by atoms with E-state index < -0.39 is 62.9 Å². The molecule has 9 N–H and O–H groups in total. The molecule has 23 heavy (non-hydrogen) atoms. The maximum atomic E-state index is 9.97. The van der Waals surface area contributed by atoms with Gasteiger partial charge in [-0.15, -0.1) is 0 Å². The Hall–Kier alpha value is -3.62. The predicted octanol–water partition coefficient (Wildman–Crippen LogP) is 1.57. The number of hydrogen-bond acceptors (Lipinski definition) is 9. The van der Waals surface area contributed by atoms with Gasteiger partial charge in [-0.3, -0.25) is 0 Å². The number of phenols is 7. The number of hydrogen-bond donors (Lipinski definition) is 9. The third kappa shape index (κ3) is 2.29. The zero-order valence-corrected chi connectivity index (χ0v) is 11.3. The van der Waals surface area contributed by atoms with E-state index >= 15 is 0 Å². The molecule has 0 radical (unpaired) electrons. The van der Waals surface area contributed by atoms with Crippen molar-refractivity contribution in [2.75, 3.05) is 0 Å². The number of aromatic hydroxyl groups is 7. The van der Waals surface area contributed by atoms with E-state index in [9.17, 15) is 46.0 Å². The highest BCUT2D eigenvalue weighted by atomic mass is 16.4. The summed E-state index contributed by atoms with van der Waals surface area (Å²) in [6.45, 7) is 0. The summed E-state index contributed by atoms with van der Waals surface area (Å²) >= 11 is 0.